The molecule has 1 aromatic heterocycles. The van der Waals surface area contributed by atoms with Crippen molar-refractivity contribution in [3.05, 3.63) is 41.2 Å². The zero-order chi connectivity index (χ0) is 21.3. The van der Waals surface area contributed by atoms with Gasteiger partial charge in [-0.3, -0.25) is 14.4 Å². The number of aromatic nitrogens is 2. The highest BCUT2D eigenvalue weighted by Gasteiger charge is 2.43. The van der Waals surface area contributed by atoms with E-state index < -0.39 is 0 Å². The van der Waals surface area contributed by atoms with E-state index in [0.29, 0.717) is 5.69 Å². The molecule has 2 aromatic rings. The van der Waals surface area contributed by atoms with Gasteiger partial charge in [-0.25, -0.2) is 0 Å². The minimum absolute atomic E-state index is 0.0576. The first-order chi connectivity index (χ1) is 14.4. The molecular formula is C23H32N4O3. The molecule has 2 fully saturated rings. The van der Waals surface area contributed by atoms with E-state index in [-0.39, 0.29) is 11.3 Å². The molecular weight excluding hydrogens is 380 g/mol. The van der Waals surface area contributed by atoms with Crippen LogP contribution in [-0.2, 0) is 13.6 Å². The van der Waals surface area contributed by atoms with Gasteiger partial charge in [0.15, 0.2) is 17.2 Å². The quantitative estimate of drug-likeness (QED) is 0.756. The second kappa shape index (κ2) is 8.30. The van der Waals surface area contributed by atoms with Gasteiger partial charge < -0.3 is 14.4 Å². The maximum atomic E-state index is 13.0. The van der Waals surface area contributed by atoms with Crippen molar-refractivity contribution in [2.45, 2.75) is 32.7 Å². The van der Waals surface area contributed by atoms with Gasteiger partial charge in [0.25, 0.3) is 5.91 Å². The molecule has 2 aliphatic rings. The lowest BCUT2D eigenvalue weighted by Crippen LogP contribution is -2.45. The van der Waals surface area contributed by atoms with Gasteiger partial charge in [0.2, 0.25) is 0 Å². The summed E-state index contributed by atoms with van der Waals surface area (Å²) in [5, 5.41) is 4.38. The Balaban J connectivity index is 1.45. The van der Waals surface area contributed by atoms with Crippen molar-refractivity contribution in [1.82, 2.24) is 19.6 Å². The van der Waals surface area contributed by atoms with Crippen molar-refractivity contribution in [3.63, 3.8) is 0 Å². The highest BCUT2D eigenvalue weighted by Crippen LogP contribution is 2.40. The predicted molar refractivity (Wildman–Crippen MR) is 115 cm³/mol. The number of para-hydroxylation sites is 1. The van der Waals surface area contributed by atoms with Crippen LogP contribution >= 0.6 is 0 Å². The number of aryl methyl sites for hydroxylation is 2. The Hall–Kier alpha value is -2.54. The van der Waals surface area contributed by atoms with Crippen LogP contribution in [0.4, 0.5) is 0 Å². The molecule has 0 aliphatic carbocycles. The molecule has 0 bridgehead atoms. The summed E-state index contributed by atoms with van der Waals surface area (Å²) in [6.45, 7) is 6.49. The van der Waals surface area contributed by atoms with Crippen molar-refractivity contribution in [3.8, 4) is 11.5 Å². The first-order valence-electron chi connectivity index (χ1n) is 10.7. The molecule has 1 spiro atoms. The number of methoxy groups -OCH3 is 2. The number of hydrogen-bond acceptors (Lipinski definition) is 5. The van der Waals surface area contributed by atoms with Crippen LogP contribution in [0, 0.1) is 12.3 Å². The van der Waals surface area contributed by atoms with Crippen LogP contribution in [0.25, 0.3) is 0 Å². The molecule has 2 aliphatic heterocycles. The fraction of sp³-hybridized carbons (Fsp3) is 0.565. The third-order valence-electron chi connectivity index (χ3n) is 6.68. The van der Waals surface area contributed by atoms with Crippen LogP contribution in [-0.4, -0.2) is 65.9 Å². The van der Waals surface area contributed by atoms with E-state index in [1.54, 1.807) is 18.9 Å². The zero-order valence-corrected chi connectivity index (χ0v) is 18.5. The molecule has 0 unspecified atom stereocenters. The van der Waals surface area contributed by atoms with Crippen molar-refractivity contribution >= 4 is 5.91 Å². The summed E-state index contributed by atoms with van der Waals surface area (Å²) in [4.78, 5) is 17.5. The molecule has 2 saturated heterocycles. The highest BCUT2D eigenvalue weighted by molar-refractivity contribution is 5.92. The van der Waals surface area contributed by atoms with E-state index in [2.05, 4.69) is 16.1 Å². The fourth-order valence-corrected chi connectivity index (χ4v) is 5.03. The smallest absolute Gasteiger partial charge is 0.274 e. The van der Waals surface area contributed by atoms with Gasteiger partial charge in [-0.15, -0.1) is 0 Å². The van der Waals surface area contributed by atoms with Crippen LogP contribution in [0.3, 0.4) is 0 Å². The van der Waals surface area contributed by atoms with E-state index in [1.807, 2.05) is 37.1 Å². The van der Waals surface area contributed by atoms with Crippen LogP contribution < -0.4 is 9.47 Å². The number of benzene rings is 1. The first-order valence-corrected chi connectivity index (χ1v) is 10.7. The summed E-state index contributed by atoms with van der Waals surface area (Å²) in [5.41, 5.74) is 2.87. The van der Waals surface area contributed by atoms with Crippen LogP contribution in [0.1, 0.15) is 41.0 Å². The zero-order valence-electron chi connectivity index (χ0n) is 18.5. The molecule has 7 heteroatoms. The molecule has 0 radical (unpaired) electrons. The minimum Gasteiger partial charge on any atom is -0.493 e. The number of likely N-dealkylation sites (tertiary alicyclic amines) is 2. The molecule has 162 valence electrons. The Morgan fingerprint density at radius 3 is 2.70 bits per heavy atom. The molecule has 1 amide bonds. The normalized spacial score (nSPS) is 21.9. The lowest BCUT2D eigenvalue weighted by atomic mass is 9.79. The standard InChI is InChI=1S/C23H32N4O3/c1-17-13-19(24-25(17)2)22(28)27-12-10-23(16-27)9-6-11-26(15-23)14-18-7-5-8-20(29-3)21(18)30-4/h5,7-8,13H,6,9-12,14-16H2,1-4H3/t23-/m1/s1. The fourth-order valence-electron chi connectivity index (χ4n) is 5.03. The first kappa shape index (κ1) is 20.7. The van der Waals surface area contributed by atoms with Gasteiger partial charge in [0, 0.05) is 49.9 Å². The third-order valence-corrected chi connectivity index (χ3v) is 6.68. The van der Waals surface area contributed by atoms with Crippen molar-refractivity contribution in [2.75, 3.05) is 40.4 Å². The van der Waals surface area contributed by atoms with Gasteiger partial charge >= 0.3 is 0 Å². The van der Waals surface area contributed by atoms with E-state index in [1.165, 1.54) is 6.42 Å². The van der Waals surface area contributed by atoms with Gasteiger partial charge in [-0.2, -0.15) is 5.10 Å². The number of amides is 1. The minimum atomic E-state index is 0.0576. The maximum Gasteiger partial charge on any atom is 0.274 e. The van der Waals surface area contributed by atoms with Crippen molar-refractivity contribution < 1.29 is 14.3 Å². The average Bonchev–Trinajstić information content (AvgIpc) is 3.30. The Morgan fingerprint density at radius 2 is 2.00 bits per heavy atom. The van der Waals surface area contributed by atoms with Gasteiger partial charge in [-0.05, 0) is 44.9 Å². The van der Waals surface area contributed by atoms with E-state index >= 15 is 0 Å². The number of carbonyl (C=O) groups is 1. The topological polar surface area (TPSA) is 59.8 Å². The molecule has 1 atom stereocenters. The largest absolute Gasteiger partial charge is 0.493 e. The molecule has 30 heavy (non-hydrogen) atoms. The number of hydrogen-bond donors (Lipinski definition) is 0. The van der Waals surface area contributed by atoms with Crippen LogP contribution in [0.2, 0.25) is 0 Å². The number of carbonyl (C=O) groups excluding carboxylic acids is 1. The van der Waals surface area contributed by atoms with Crippen LogP contribution in [0.15, 0.2) is 24.3 Å². The summed E-state index contributed by atoms with van der Waals surface area (Å²) >= 11 is 0. The lowest BCUT2D eigenvalue weighted by molar-refractivity contribution is 0.0668. The molecule has 0 saturated carbocycles. The number of piperidine rings is 1. The van der Waals surface area contributed by atoms with E-state index in [0.717, 1.165) is 68.3 Å². The second-order valence-electron chi connectivity index (χ2n) is 8.74. The van der Waals surface area contributed by atoms with E-state index in [9.17, 15) is 4.79 Å². The number of rotatable bonds is 5. The second-order valence-corrected chi connectivity index (χ2v) is 8.74. The highest BCUT2D eigenvalue weighted by atomic mass is 16.5. The Bertz CT molecular complexity index is 906. The van der Waals surface area contributed by atoms with Gasteiger partial charge in [0.1, 0.15) is 0 Å². The summed E-state index contributed by atoms with van der Waals surface area (Å²) in [6.07, 6.45) is 3.37. The summed E-state index contributed by atoms with van der Waals surface area (Å²) in [5.74, 6) is 1.64. The Morgan fingerprint density at radius 1 is 1.17 bits per heavy atom. The summed E-state index contributed by atoms with van der Waals surface area (Å²) < 4.78 is 12.8. The summed E-state index contributed by atoms with van der Waals surface area (Å²) in [7, 11) is 5.24. The maximum absolute atomic E-state index is 13.0. The monoisotopic (exact) mass is 412 g/mol. The third kappa shape index (κ3) is 3.90. The van der Waals surface area contributed by atoms with Crippen molar-refractivity contribution in [2.24, 2.45) is 12.5 Å². The van der Waals surface area contributed by atoms with Crippen molar-refractivity contribution in [1.29, 1.82) is 0 Å². The Kier molecular flexibility index (Phi) is 5.73. The van der Waals surface area contributed by atoms with Gasteiger partial charge in [0.05, 0.1) is 14.2 Å². The molecule has 4 rings (SSSR count). The lowest BCUT2D eigenvalue weighted by Gasteiger charge is -2.40. The Labute approximate surface area is 178 Å². The molecule has 1 aromatic carbocycles. The number of nitrogens with zero attached hydrogens (tertiary/aromatic N) is 4. The average molecular weight is 413 g/mol. The molecule has 7 nitrogen and oxygen atoms in total. The van der Waals surface area contributed by atoms with E-state index in [4.69, 9.17) is 9.47 Å². The molecule has 0 N–H and O–H groups in total. The number of ether oxygens (including phenoxy) is 2. The predicted octanol–water partition coefficient (Wildman–Crippen LogP) is 2.87. The van der Waals surface area contributed by atoms with Gasteiger partial charge in [-0.1, -0.05) is 12.1 Å². The molecule has 3 heterocycles. The summed E-state index contributed by atoms with van der Waals surface area (Å²) in [6, 6.07) is 7.94. The van der Waals surface area contributed by atoms with Crippen LogP contribution in [0.5, 0.6) is 11.5 Å². The SMILES string of the molecule is COc1cccc(CN2CCC[C@@]3(CCN(C(=O)c4cc(C)n(C)n4)C3)C2)c1OC.